The van der Waals surface area contributed by atoms with E-state index in [1.807, 2.05) is 6.92 Å². The second kappa shape index (κ2) is 5.43. The van der Waals surface area contributed by atoms with Crippen LogP contribution in [0.3, 0.4) is 0 Å². The molecule has 4 heteroatoms. The molecule has 0 aliphatic heterocycles. The number of benzene rings is 1. The van der Waals surface area contributed by atoms with Gasteiger partial charge < -0.3 is 10.0 Å². The number of aromatic carboxylic acids is 1. The minimum atomic E-state index is -0.990. The molecule has 1 N–H and O–H groups in total. The molecule has 0 saturated carbocycles. The molecule has 0 fully saturated rings. The monoisotopic (exact) mass is 263 g/mol. The molecule has 1 aromatic carbocycles. The van der Waals surface area contributed by atoms with Crippen molar-refractivity contribution in [1.82, 2.24) is 4.90 Å². The maximum Gasteiger partial charge on any atom is 0.335 e. The molecule has 4 nitrogen and oxygen atoms in total. The second-order valence-corrected chi connectivity index (χ2v) is 5.84. The summed E-state index contributed by atoms with van der Waals surface area (Å²) < 4.78 is 0. The van der Waals surface area contributed by atoms with Crippen LogP contribution in [0.5, 0.6) is 0 Å². The first kappa shape index (κ1) is 15.2. The van der Waals surface area contributed by atoms with Crippen molar-refractivity contribution < 1.29 is 14.7 Å². The number of carboxylic acids is 1. The van der Waals surface area contributed by atoms with E-state index in [1.165, 1.54) is 12.1 Å². The van der Waals surface area contributed by atoms with Crippen molar-refractivity contribution in [2.24, 2.45) is 5.41 Å². The topological polar surface area (TPSA) is 57.6 Å². The summed E-state index contributed by atoms with van der Waals surface area (Å²) in [6.07, 6.45) is 0. The van der Waals surface area contributed by atoms with Gasteiger partial charge in [0, 0.05) is 18.7 Å². The van der Waals surface area contributed by atoms with Crippen LogP contribution in [0.2, 0.25) is 0 Å². The van der Waals surface area contributed by atoms with Crippen molar-refractivity contribution in [3.8, 4) is 0 Å². The van der Waals surface area contributed by atoms with E-state index in [0.717, 1.165) is 0 Å². The molecule has 19 heavy (non-hydrogen) atoms. The predicted octanol–water partition coefficient (Wildman–Crippen LogP) is 2.89. The smallest absolute Gasteiger partial charge is 0.335 e. The van der Waals surface area contributed by atoms with Crippen LogP contribution in [0.25, 0.3) is 0 Å². The lowest BCUT2D eigenvalue weighted by Crippen LogP contribution is -2.42. The van der Waals surface area contributed by atoms with Crippen LogP contribution >= 0.6 is 0 Å². The lowest BCUT2D eigenvalue weighted by molar-refractivity contribution is 0.0627. The van der Waals surface area contributed by atoms with Gasteiger partial charge in [-0.1, -0.05) is 20.8 Å². The SMILES string of the molecule is CC(N(C)C(=O)c1ccc(C(=O)O)cc1)C(C)(C)C. The third-order valence-corrected chi connectivity index (χ3v) is 3.53. The molecule has 0 heterocycles. The summed E-state index contributed by atoms with van der Waals surface area (Å²) >= 11 is 0. The van der Waals surface area contributed by atoms with Gasteiger partial charge in [0.1, 0.15) is 0 Å². The van der Waals surface area contributed by atoms with Crippen LogP contribution in [0.15, 0.2) is 24.3 Å². The second-order valence-electron chi connectivity index (χ2n) is 5.84. The molecule has 1 rings (SSSR count). The van der Waals surface area contributed by atoms with Crippen molar-refractivity contribution in [1.29, 1.82) is 0 Å². The van der Waals surface area contributed by atoms with Gasteiger partial charge in [-0.3, -0.25) is 4.79 Å². The van der Waals surface area contributed by atoms with Crippen LogP contribution in [0, 0.1) is 5.41 Å². The quantitative estimate of drug-likeness (QED) is 0.912. The Bertz CT molecular complexity index is 471. The van der Waals surface area contributed by atoms with E-state index in [1.54, 1.807) is 24.1 Å². The zero-order valence-corrected chi connectivity index (χ0v) is 12.1. The lowest BCUT2D eigenvalue weighted by Gasteiger charge is -2.35. The highest BCUT2D eigenvalue weighted by molar-refractivity contribution is 5.95. The van der Waals surface area contributed by atoms with Crippen molar-refractivity contribution in [2.45, 2.75) is 33.7 Å². The van der Waals surface area contributed by atoms with Gasteiger partial charge in [-0.25, -0.2) is 4.79 Å². The normalized spacial score (nSPS) is 12.9. The summed E-state index contributed by atoms with van der Waals surface area (Å²) in [6, 6.07) is 6.09. The van der Waals surface area contributed by atoms with Crippen LogP contribution in [0.4, 0.5) is 0 Å². The fourth-order valence-electron chi connectivity index (χ4n) is 1.72. The number of nitrogens with zero attached hydrogens (tertiary/aromatic N) is 1. The number of carbonyl (C=O) groups excluding carboxylic acids is 1. The predicted molar refractivity (Wildman–Crippen MR) is 74.4 cm³/mol. The van der Waals surface area contributed by atoms with Crippen LogP contribution in [-0.4, -0.2) is 35.0 Å². The number of carbonyl (C=O) groups is 2. The van der Waals surface area contributed by atoms with Crippen molar-refractivity contribution >= 4 is 11.9 Å². The Morgan fingerprint density at radius 3 is 1.89 bits per heavy atom. The Balaban J connectivity index is 2.91. The molecule has 0 aromatic heterocycles. The minimum absolute atomic E-state index is 0.00852. The maximum atomic E-state index is 12.3. The summed E-state index contributed by atoms with van der Waals surface area (Å²) in [5.41, 5.74) is 0.678. The van der Waals surface area contributed by atoms with Crippen LogP contribution in [-0.2, 0) is 0 Å². The molecule has 0 radical (unpaired) electrons. The van der Waals surface area contributed by atoms with E-state index >= 15 is 0 Å². The number of hydrogen-bond donors (Lipinski definition) is 1. The van der Waals surface area contributed by atoms with Gasteiger partial charge in [-0.15, -0.1) is 0 Å². The molecule has 0 aliphatic carbocycles. The number of hydrogen-bond acceptors (Lipinski definition) is 2. The minimum Gasteiger partial charge on any atom is -0.478 e. The maximum absolute atomic E-state index is 12.3. The highest BCUT2D eigenvalue weighted by atomic mass is 16.4. The first-order chi connectivity index (χ1) is 8.64. The molecule has 1 aromatic rings. The molecule has 1 unspecified atom stereocenters. The Morgan fingerprint density at radius 1 is 1.11 bits per heavy atom. The number of carboxylic acid groups (broad SMARTS) is 1. The zero-order valence-electron chi connectivity index (χ0n) is 12.1. The third-order valence-electron chi connectivity index (χ3n) is 3.53. The summed E-state index contributed by atoms with van der Waals surface area (Å²) in [5.74, 6) is -1.09. The largest absolute Gasteiger partial charge is 0.478 e. The first-order valence-corrected chi connectivity index (χ1v) is 6.25. The van der Waals surface area contributed by atoms with Gasteiger partial charge >= 0.3 is 5.97 Å². The Morgan fingerprint density at radius 2 is 1.53 bits per heavy atom. The molecule has 0 aliphatic rings. The van der Waals surface area contributed by atoms with Crippen molar-refractivity contribution in [3.63, 3.8) is 0 Å². The standard InChI is InChI=1S/C15H21NO3/c1-10(15(2,3)4)16(5)13(17)11-6-8-12(9-7-11)14(18)19/h6-10H,1-5H3,(H,18,19). The van der Waals surface area contributed by atoms with Gasteiger partial charge in [0.2, 0.25) is 0 Å². The van der Waals surface area contributed by atoms with E-state index in [4.69, 9.17) is 5.11 Å². The molecule has 104 valence electrons. The van der Waals surface area contributed by atoms with Crippen LogP contribution < -0.4 is 0 Å². The van der Waals surface area contributed by atoms with E-state index in [-0.39, 0.29) is 22.9 Å². The number of amides is 1. The summed E-state index contributed by atoms with van der Waals surface area (Å²) in [5, 5.41) is 8.82. The lowest BCUT2D eigenvalue weighted by atomic mass is 9.87. The van der Waals surface area contributed by atoms with Gasteiger partial charge in [0.15, 0.2) is 0 Å². The highest BCUT2D eigenvalue weighted by Crippen LogP contribution is 2.24. The van der Waals surface area contributed by atoms with E-state index in [0.29, 0.717) is 5.56 Å². The Hall–Kier alpha value is -1.84. The summed E-state index contributed by atoms with van der Waals surface area (Å²) in [7, 11) is 1.77. The Kier molecular flexibility index (Phi) is 4.35. The molecule has 0 spiro atoms. The molecular formula is C15H21NO3. The zero-order chi connectivity index (χ0) is 14.8. The highest BCUT2D eigenvalue weighted by Gasteiger charge is 2.27. The van der Waals surface area contributed by atoms with Gasteiger partial charge in [0.05, 0.1) is 5.56 Å². The van der Waals surface area contributed by atoms with Crippen molar-refractivity contribution in [2.75, 3.05) is 7.05 Å². The fraction of sp³-hybridized carbons (Fsp3) is 0.467. The van der Waals surface area contributed by atoms with Crippen molar-refractivity contribution in [3.05, 3.63) is 35.4 Å². The first-order valence-electron chi connectivity index (χ1n) is 6.25. The van der Waals surface area contributed by atoms with E-state index in [2.05, 4.69) is 20.8 Å². The Labute approximate surface area is 114 Å². The third kappa shape index (κ3) is 3.56. The van der Waals surface area contributed by atoms with E-state index in [9.17, 15) is 9.59 Å². The van der Waals surface area contributed by atoms with Crippen LogP contribution in [0.1, 0.15) is 48.4 Å². The van der Waals surface area contributed by atoms with Gasteiger partial charge in [-0.2, -0.15) is 0 Å². The fourth-order valence-corrected chi connectivity index (χ4v) is 1.72. The number of rotatable bonds is 3. The molecular weight excluding hydrogens is 242 g/mol. The van der Waals surface area contributed by atoms with Gasteiger partial charge in [0.25, 0.3) is 5.91 Å². The molecule has 0 saturated heterocycles. The molecule has 1 amide bonds. The van der Waals surface area contributed by atoms with E-state index < -0.39 is 5.97 Å². The average Bonchev–Trinajstić information content (AvgIpc) is 2.35. The summed E-state index contributed by atoms with van der Waals surface area (Å²) in [4.78, 5) is 24.7. The average molecular weight is 263 g/mol. The molecule has 1 atom stereocenters. The summed E-state index contributed by atoms with van der Waals surface area (Å²) in [6.45, 7) is 8.24. The van der Waals surface area contributed by atoms with Gasteiger partial charge in [-0.05, 0) is 36.6 Å². The molecule has 0 bridgehead atoms.